The standard InChI is InChI=1S/C7H7ClN2O4S/c8-4-15(13,14)7-3-5(10(11)12)1-2-6(7)9/h1-3H,4,9H2. The number of anilines is 1. The van der Waals surface area contributed by atoms with Crippen molar-refractivity contribution in [3.05, 3.63) is 28.3 Å². The quantitative estimate of drug-likeness (QED) is 0.375. The predicted octanol–water partition coefficient (Wildman–Crippen LogP) is 1.15. The number of sulfone groups is 1. The van der Waals surface area contributed by atoms with Crippen LogP contribution >= 0.6 is 11.6 Å². The molecule has 15 heavy (non-hydrogen) atoms. The molecule has 0 amide bonds. The first kappa shape index (κ1) is 11.7. The Morgan fingerprint density at radius 2 is 2.07 bits per heavy atom. The van der Waals surface area contributed by atoms with Gasteiger partial charge in [0.25, 0.3) is 5.69 Å². The largest absolute Gasteiger partial charge is 0.398 e. The Labute approximate surface area is 90.7 Å². The van der Waals surface area contributed by atoms with Crippen LogP contribution < -0.4 is 5.73 Å². The van der Waals surface area contributed by atoms with Crippen molar-refractivity contribution in [2.24, 2.45) is 0 Å². The minimum Gasteiger partial charge on any atom is -0.398 e. The maximum atomic E-state index is 11.4. The van der Waals surface area contributed by atoms with Crippen LogP contribution in [0.2, 0.25) is 0 Å². The molecule has 1 rings (SSSR count). The fourth-order valence-electron chi connectivity index (χ4n) is 0.965. The molecule has 2 N–H and O–H groups in total. The predicted molar refractivity (Wildman–Crippen MR) is 55.4 cm³/mol. The Morgan fingerprint density at radius 1 is 1.47 bits per heavy atom. The first-order valence-electron chi connectivity index (χ1n) is 3.71. The fraction of sp³-hybridized carbons (Fsp3) is 0.143. The lowest BCUT2D eigenvalue weighted by atomic mass is 10.3. The summed E-state index contributed by atoms with van der Waals surface area (Å²) >= 11 is 5.22. The molecule has 0 aliphatic heterocycles. The Balaban J connectivity index is 3.42. The van der Waals surface area contributed by atoms with E-state index in [9.17, 15) is 18.5 Å². The van der Waals surface area contributed by atoms with Gasteiger partial charge in [0.2, 0.25) is 0 Å². The molecule has 0 unspecified atom stereocenters. The van der Waals surface area contributed by atoms with Gasteiger partial charge in [-0.1, -0.05) is 0 Å². The first-order valence-corrected chi connectivity index (χ1v) is 5.90. The number of halogens is 1. The molecule has 0 heterocycles. The van der Waals surface area contributed by atoms with Crippen LogP contribution in [0.1, 0.15) is 0 Å². The van der Waals surface area contributed by atoms with Crippen molar-refractivity contribution in [1.82, 2.24) is 0 Å². The molecule has 0 bridgehead atoms. The number of nitrogens with two attached hydrogens (primary N) is 1. The van der Waals surface area contributed by atoms with E-state index in [1.165, 1.54) is 0 Å². The smallest absolute Gasteiger partial charge is 0.270 e. The van der Waals surface area contributed by atoms with Crippen molar-refractivity contribution in [2.45, 2.75) is 4.90 Å². The van der Waals surface area contributed by atoms with E-state index in [4.69, 9.17) is 17.3 Å². The zero-order chi connectivity index (χ0) is 11.6. The monoisotopic (exact) mass is 250 g/mol. The number of nitro benzene ring substituents is 1. The third kappa shape index (κ3) is 2.37. The Kier molecular flexibility index (Phi) is 3.15. The summed E-state index contributed by atoms with van der Waals surface area (Å²) in [6.07, 6.45) is 0. The average Bonchev–Trinajstić information content (AvgIpc) is 2.17. The average molecular weight is 251 g/mol. The molecule has 0 aliphatic carbocycles. The van der Waals surface area contributed by atoms with E-state index in [0.29, 0.717) is 0 Å². The van der Waals surface area contributed by atoms with E-state index in [1.807, 2.05) is 0 Å². The normalized spacial score (nSPS) is 11.3. The number of nitrogen functional groups attached to an aromatic ring is 1. The SMILES string of the molecule is Nc1ccc([N+](=O)[O-])cc1S(=O)(=O)CCl. The highest BCUT2D eigenvalue weighted by atomic mass is 35.5. The number of alkyl halides is 1. The van der Waals surface area contributed by atoms with Crippen LogP contribution in [-0.2, 0) is 9.84 Å². The zero-order valence-corrected chi connectivity index (χ0v) is 8.96. The van der Waals surface area contributed by atoms with Crippen LogP contribution in [0.15, 0.2) is 23.1 Å². The molecule has 6 nitrogen and oxygen atoms in total. The summed E-state index contributed by atoms with van der Waals surface area (Å²) in [6, 6.07) is 3.19. The highest BCUT2D eigenvalue weighted by Gasteiger charge is 2.19. The molecular weight excluding hydrogens is 244 g/mol. The second-order valence-corrected chi connectivity index (χ2v) is 5.25. The Hall–Kier alpha value is -1.34. The van der Waals surface area contributed by atoms with Crippen molar-refractivity contribution in [1.29, 1.82) is 0 Å². The van der Waals surface area contributed by atoms with Gasteiger partial charge in [-0.15, -0.1) is 11.6 Å². The topological polar surface area (TPSA) is 103 Å². The van der Waals surface area contributed by atoms with Crippen molar-refractivity contribution in [3.63, 3.8) is 0 Å². The molecule has 1 aromatic carbocycles. The molecule has 82 valence electrons. The van der Waals surface area contributed by atoms with Crippen LogP contribution in [0, 0.1) is 10.1 Å². The van der Waals surface area contributed by atoms with Gasteiger partial charge in [-0.05, 0) is 6.07 Å². The van der Waals surface area contributed by atoms with Crippen LogP contribution in [0.4, 0.5) is 11.4 Å². The second kappa shape index (κ2) is 4.03. The van der Waals surface area contributed by atoms with E-state index in [1.54, 1.807) is 0 Å². The summed E-state index contributed by atoms with van der Waals surface area (Å²) in [5.41, 5.74) is 5.00. The van der Waals surface area contributed by atoms with Crippen LogP contribution in [0.3, 0.4) is 0 Å². The summed E-state index contributed by atoms with van der Waals surface area (Å²) in [7, 11) is -3.75. The number of nitro groups is 1. The van der Waals surface area contributed by atoms with E-state index in [-0.39, 0.29) is 16.3 Å². The van der Waals surface area contributed by atoms with Crippen LogP contribution in [0.5, 0.6) is 0 Å². The highest BCUT2D eigenvalue weighted by Crippen LogP contribution is 2.25. The number of benzene rings is 1. The van der Waals surface area contributed by atoms with E-state index in [0.717, 1.165) is 18.2 Å². The third-order valence-corrected chi connectivity index (χ3v) is 3.86. The van der Waals surface area contributed by atoms with E-state index in [2.05, 4.69) is 0 Å². The molecular formula is C7H7ClN2O4S. The van der Waals surface area contributed by atoms with Crippen molar-refractivity contribution >= 4 is 32.8 Å². The van der Waals surface area contributed by atoms with Gasteiger partial charge in [-0.25, -0.2) is 8.42 Å². The van der Waals surface area contributed by atoms with Gasteiger partial charge in [-0.2, -0.15) is 0 Å². The minimum atomic E-state index is -3.75. The van der Waals surface area contributed by atoms with Crippen molar-refractivity contribution in [2.75, 3.05) is 10.9 Å². The molecule has 0 saturated carbocycles. The minimum absolute atomic E-state index is 0.0544. The van der Waals surface area contributed by atoms with Gasteiger partial charge in [-0.3, -0.25) is 10.1 Å². The molecule has 0 aromatic heterocycles. The van der Waals surface area contributed by atoms with Gasteiger partial charge in [0.15, 0.2) is 9.84 Å². The highest BCUT2D eigenvalue weighted by molar-refractivity contribution is 7.92. The summed E-state index contributed by atoms with van der Waals surface area (Å²) in [4.78, 5) is 9.40. The zero-order valence-electron chi connectivity index (χ0n) is 7.38. The number of hydrogen-bond acceptors (Lipinski definition) is 5. The van der Waals surface area contributed by atoms with E-state index >= 15 is 0 Å². The molecule has 0 saturated heterocycles. The molecule has 0 atom stereocenters. The van der Waals surface area contributed by atoms with Gasteiger partial charge >= 0.3 is 0 Å². The Bertz CT molecular complexity index is 500. The number of rotatable bonds is 3. The molecule has 0 fully saturated rings. The molecule has 0 aliphatic rings. The lowest BCUT2D eigenvalue weighted by molar-refractivity contribution is -0.385. The van der Waals surface area contributed by atoms with Gasteiger partial charge in [0.1, 0.15) is 5.21 Å². The van der Waals surface area contributed by atoms with Gasteiger partial charge < -0.3 is 5.73 Å². The van der Waals surface area contributed by atoms with E-state index < -0.39 is 20.0 Å². The summed E-state index contributed by atoms with van der Waals surface area (Å²) in [5, 5.41) is 9.75. The maximum Gasteiger partial charge on any atom is 0.270 e. The molecule has 0 radical (unpaired) electrons. The number of nitrogens with zero attached hydrogens (tertiary/aromatic N) is 1. The molecule has 1 aromatic rings. The maximum absolute atomic E-state index is 11.4. The van der Waals surface area contributed by atoms with Gasteiger partial charge in [0, 0.05) is 12.1 Å². The first-order chi connectivity index (χ1) is 6.88. The second-order valence-electron chi connectivity index (χ2n) is 2.70. The Morgan fingerprint density at radius 3 is 2.53 bits per heavy atom. The summed E-state index contributed by atoms with van der Waals surface area (Å²) < 4.78 is 22.7. The summed E-state index contributed by atoms with van der Waals surface area (Å²) in [6.45, 7) is 0. The lowest BCUT2D eigenvalue weighted by Crippen LogP contribution is -2.06. The fourth-order valence-corrected chi connectivity index (χ4v) is 2.16. The third-order valence-electron chi connectivity index (χ3n) is 1.69. The summed E-state index contributed by atoms with van der Waals surface area (Å²) in [5.74, 6) is 0. The number of hydrogen-bond donors (Lipinski definition) is 1. The van der Waals surface area contributed by atoms with Crippen LogP contribution in [-0.4, -0.2) is 18.6 Å². The number of non-ortho nitro benzene ring substituents is 1. The lowest BCUT2D eigenvalue weighted by Gasteiger charge is -2.03. The molecule has 8 heteroatoms. The van der Waals surface area contributed by atoms with Crippen molar-refractivity contribution in [3.8, 4) is 0 Å². The van der Waals surface area contributed by atoms with Crippen LogP contribution in [0.25, 0.3) is 0 Å². The van der Waals surface area contributed by atoms with Crippen molar-refractivity contribution < 1.29 is 13.3 Å². The van der Waals surface area contributed by atoms with Gasteiger partial charge in [0.05, 0.1) is 15.5 Å². The molecule has 0 spiro atoms.